The molecule has 3 atom stereocenters. The maximum Gasteiger partial charge on any atom is 0.272 e. The molecule has 122 valence electrons. The number of anilines is 1. The van der Waals surface area contributed by atoms with Crippen molar-refractivity contribution in [3.05, 3.63) is 34.0 Å². The lowest BCUT2D eigenvalue weighted by Crippen LogP contribution is -2.47. The van der Waals surface area contributed by atoms with Crippen LogP contribution in [0.4, 0.5) is 10.1 Å². The SMILES string of the molecule is C[C@@H]1Nc2cc(F)cc3c(=O)[nH]nc(c23)[C@H]1[C@H]1CCCCN1C. The third-order valence-corrected chi connectivity index (χ3v) is 5.36. The number of likely N-dealkylation sites (N-methyl/N-ethyl adjacent to an activating group) is 1. The first-order valence-corrected chi connectivity index (χ1v) is 8.25. The number of piperidine rings is 1. The van der Waals surface area contributed by atoms with Gasteiger partial charge < -0.3 is 10.2 Å². The summed E-state index contributed by atoms with van der Waals surface area (Å²) in [5.41, 5.74) is 1.23. The summed E-state index contributed by atoms with van der Waals surface area (Å²) in [7, 11) is 2.15. The van der Waals surface area contributed by atoms with Crippen molar-refractivity contribution in [2.45, 2.75) is 44.2 Å². The Hall–Kier alpha value is -1.95. The number of hydrogen-bond donors (Lipinski definition) is 2. The van der Waals surface area contributed by atoms with Gasteiger partial charge in [0.2, 0.25) is 0 Å². The van der Waals surface area contributed by atoms with Crippen LogP contribution in [0.25, 0.3) is 10.8 Å². The first-order chi connectivity index (χ1) is 11.1. The quantitative estimate of drug-likeness (QED) is 0.848. The standard InChI is InChI=1S/C17H21FN4O/c1-9-14(13-5-3-4-6-22(13)2)16-15-11(17(23)21-20-16)7-10(18)8-12(15)19-9/h7-9,13-14,19H,3-6H2,1-2H3,(H,21,23)/t9-,13+,14+/m0/s1. The normalized spacial score (nSPS) is 27.9. The molecule has 2 aliphatic rings. The van der Waals surface area contributed by atoms with Crippen LogP contribution in [0.5, 0.6) is 0 Å². The van der Waals surface area contributed by atoms with Crippen LogP contribution in [-0.2, 0) is 0 Å². The number of aromatic nitrogens is 2. The topological polar surface area (TPSA) is 61.0 Å². The molecule has 2 N–H and O–H groups in total. The molecule has 0 radical (unpaired) electrons. The van der Waals surface area contributed by atoms with Crippen LogP contribution in [0.2, 0.25) is 0 Å². The molecule has 2 aliphatic heterocycles. The predicted octanol–water partition coefficient (Wildman–Crippen LogP) is 2.44. The van der Waals surface area contributed by atoms with Crippen LogP contribution in [0, 0.1) is 5.82 Å². The molecule has 0 bridgehead atoms. The van der Waals surface area contributed by atoms with Crippen LogP contribution in [0.15, 0.2) is 16.9 Å². The van der Waals surface area contributed by atoms with E-state index in [4.69, 9.17) is 0 Å². The maximum atomic E-state index is 13.8. The lowest BCUT2D eigenvalue weighted by molar-refractivity contribution is 0.150. The highest BCUT2D eigenvalue weighted by molar-refractivity contribution is 5.97. The van der Waals surface area contributed by atoms with Crippen LogP contribution in [0.1, 0.15) is 37.8 Å². The minimum atomic E-state index is -0.400. The highest BCUT2D eigenvalue weighted by atomic mass is 19.1. The number of likely N-dealkylation sites (tertiary alicyclic amines) is 1. The number of nitrogens with one attached hydrogen (secondary N) is 2. The molecule has 0 aliphatic carbocycles. The van der Waals surface area contributed by atoms with Crippen molar-refractivity contribution in [1.29, 1.82) is 0 Å². The van der Waals surface area contributed by atoms with Gasteiger partial charge in [0.15, 0.2) is 0 Å². The minimum absolute atomic E-state index is 0.136. The number of hydrogen-bond acceptors (Lipinski definition) is 4. The first kappa shape index (κ1) is 14.6. The number of aromatic amines is 1. The van der Waals surface area contributed by atoms with E-state index in [1.165, 1.54) is 25.0 Å². The fourth-order valence-electron chi connectivity index (χ4n) is 4.29. The van der Waals surface area contributed by atoms with E-state index in [0.29, 0.717) is 17.1 Å². The lowest BCUT2D eigenvalue weighted by Gasteiger charge is -2.43. The molecule has 0 amide bonds. The van der Waals surface area contributed by atoms with Gasteiger partial charge in [-0.15, -0.1) is 0 Å². The zero-order chi connectivity index (χ0) is 16.1. The molecule has 1 fully saturated rings. The Morgan fingerprint density at radius 3 is 2.96 bits per heavy atom. The average Bonchev–Trinajstić information content (AvgIpc) is 2.51. The van der Waals surface area contributed by atoms with E-state index in [9.17, 15) is 9.18 Å². The van der Waals surface area contributed by atoms with Gasteiger partial charge in [0.05, 0.1) is 11.1 Å². The summed E-state index contributed by atoms with van der Waals surface area (Å²) in [5, 5.41) is 11.5. The Kier molecular flexibility index (Phi) is 3.37. The van der Waals surface area contributed by atoms with Gasteiger partial charge in [-0.25, -0.2) is 9.49 Å². The summed E-state index contributed by atoms with van der Waals surface area (Å²) in [4.78, 5) is 14.5. The smallest absolute Gasteiger partial charge is 0.272 e. The second-order valence-corrected chi connectivity index (χ2v) is 6.82. The van der Waals surface area contributed by atoms with Crippen molar-refractivity contribution >= 4 is 16.5 Å². The molecular weight excluding hydrogens is 295 g/mol. The van der Waals surface area contributed by atoms with Gasteiger partial charge in [-0.3, -0.25) is 4.79 Å². The first-order valence-electron chi connectivity index (χ1n) is 8.25. The molecule has 5 nitrogen and oxygen atoms in total. The lowest BCUT2D eigenvalue weighted by atomic mass is 9.80. The molecule has 1 saturated heterocycles. The molecule has 0 unspecified atom stereocenters. The highest BCUT2D eigenvalue weighted by Gasteiger charge is 2.38. The largest absolute Gasteiger partial charge is 0.381 e. The Morgan fingerprint density at radius 2 is 2.17 bits per heavy atom. The molecule has 4 rings (SSSR count). The van der Waals surface area contributed by atoms with E-state index in [1.54, 1.807) is 0 Å². The molecule has 2 aromatic rings. The monoisotopic (exact) mass is 316 g/mol. The average molecular weight is 316 g/mol. The zero-order valence-corrected chi connectivity index (χ0v) is 13.4. The van der Waals surface area contributed by atoms with Crippen LogP contribution in [0.3, 0.4) is 0 Å². The molecule has 1 aromatic carbocycles. The van der Waals surface area contributed by atoms with Crippen LogP contribution < -0.4 is 10.9 Å². The minimum Gasteiger partial charge on any atom is -0.381 e. The van der Waals surface area contributed by atoms with E-state index < -0.39 is 5.82 Å². The third kappa shape index (κ3) is 2.24. The number of nitrogens with zero attached hydrogens (tertiary/aromatic N) is 2. The van der Waals surface area contributed by atoms with Gasteiger partial charge >= 0.3 is 0 Å². The molecular formula is C17H21FN4O. The Balaban J connectivity index is 1.93. The molecule has 23 heavy (non-hydrogen) atoms. The van der Waals surface area contributed by atoms with Crippen molar-refractivity contribution in [1.82, 2.24) is 15.1 Å². The van der Waals surface area contributed by atoms with E-state index >= 15 is 0 Å². The fraction of sp³-hybridized carbons (Fsp3) is 0.529. The summed E-state index contributed by atoms with van der Waals surface area (Å²) in [6.45, 7) is 3.19. The summed E-state index contributed by atoms with van der Waals surface area (Å²) >= 11 is 0. The Morgan fingerprint density at radius 1 is 1.35 bits per heavy atom. The van der Waals surface area contributed by atoms with Gasteiger partial charge in [0.25, 0.3) is 5.56 Å². The van der Waals surface area contributed by atoms with Gasteiger partial charge in [-0.1, -0.05) is 6.42 Å². The zero-order valence-electron chi connectivity index (χ0n) is 13.4. The number of rotatable bonds is 1. The van der Waals surface area contributed by atoms with E-state index in [1.807, 2.05) is 0 Å². The van der Waals surface area contributed by atoms with E-state index in [0.717, 1.165) is 24.0 Å². The fourth-order valence-corrected chi connectivity index (χ4v) is 4.29. The Labute approximate surface area is 133 Å². The molecule has 0 saturated carbocycles. The number of halogens is 1. The molecule has 3 heterocycles. The highest BCUT2D eigenvalue weighted by Crippen LogP contribution is 2.41. The summed E-state index contributed by atoms with van der Waals surface area (Å²) in [6, 6.07) is 3.29. The second-order valence-electron chi connectivity index (χ2n) is 6.82. The molecule has 6 heteroatoms. The maximum absolute atomic E-state index is 13.8. The predicted molar refractivity (Wildman–Crippen MR) is 88.4 cm³/mol. The van der Waals surface area contributed by atoms with Gasteiger partial charge in [0.1, 0.15) is 5.82 Å². The molecule has 0 spiro atoms. The van der Waals surface area contributed by atoms with E-state index in [-0.39, 0.29) is 17.5 Å². The van der Waals surface area contributed by atoms with Crippen molar-refractivity contribution in [2.24, 2.45) is 0 Å². The number of benzene rings is 1. The van der Waals surface area contributed by atoms with Crippen molar-refractivity contribution in [3.8, 4) is 0 Å². The summed E-state index contributed by atoms with van der Waals surface area (Å²) < 4.78 is 13.8. The second kappa shape index (κ2) is 5.30. The van der Waals surface area contributed by atoms with Gasteiger partial charge in [-0.2, -0.15) is 5.10 Å². The van der Waals surface area contributed by atoms with Gasteiger partial charge in [0, 0.05) is 29.1 Å². The van der Waals surface area contributed by atoms with Crippen molar-refractivity contribution in [2.75, 3.05) is 18.9 Å². The van der Waals surface area contributed by atoms with E-state index in [2.05, 4.69) is 34.4 Å². The van der Waals surface area contributed by atoms with Crippen molar-refractivity contribution < 1.29 is 4.39 Å². The summed E-state index contributed by atoms with van der Waals surface area (Å²) in [6.07, 6.45) is 3.55. The molecule has 1 aromatic heterocycles. The Bertz CT molecular complexity index is 818. The van der Waals surface area contributed by atoms with Crippen LogP contribution >= 0.6 is 0 Å². The van der Waals surface area contributed by atoms with Crippen molar-refractivity contribution in [3.63, 3.8) is 0 Å². The van der Waals surface area contributed by atoms with Gasteiger partial charge in [-0.05, 0) is 45.5 Å². The number of H-pyrrole nitrogens is 1. The van der Waals surface area contributed by atoms with Crippen LogP contribution in [-0.4, -0.2) is 40.8 Å². The third-order valence-electron chi connectivity index (χ3n) is 5.36. The summed E-state index contributed by atoms with van der Waals surface area (Å²) in [5.74, 6) is -0.222.